The summed E-state index contributed by atoms with van der Waals surface area (Å²) in [4.78, 5) is 12.1. The van der Waals surface area contributed by atoms with E-state index >= 15 is 0 Å². The number of furan rings is 1. The highest BCUT2D eigenvalue weighted by Crippen LogP contribution is 2.38. The predicted octanol–water partition coefficient (Wildman–Crippen LogP) is 3.28. The highest BCUT2D eigenvalue weighted by molar-refractivity contribution is 5.94. The van der Waals surface area contributed by atoms with Crippen LogP contribution in [0.5, 0.6) is 0 Å². The summed E-state index contributed by atoms with van der Waals surface area (Å²) in [7, 11) is 0. The van der Waals surface area contributed by atoms with Crippen LogP contribution in [-0.4, -0.2) is 15.7 Å². The molecule has 0 saturated carbocycles. The third kappa shape index (κ3) is 2.38. The maximum atomic E-state index is 14.2. The summed E-state index contributed by atoms with van der Waals surface area (Å²) in [5.41, 5.74) is 0.814. The number of hydrogen-bond acceptors (Lipinski definition) is 3. The normalized spacial score (nSPS) is 16.8. The quantitative estimate of drug-likeness (QED) is 0.802. The van der Waals surface area contributed by atoms with Gasteiger partial charge in [-0.2, -0.15) is 5.10 Å². The van der Waals surface area contributed by atoms with Gasteiger partial charge in [0.25, 0.3) is 0 Å². The molecule has 7 heteroatoms. The first-order valence-electron chi connectivity index (χ1n) is 7.45. The topological polar surface area (TPSA) is 60.1 Å². The number of carbonyl (C=O) groups excluding carboxylic acids is 1. The molecule has 1 atom stereocenters. The van der Waals surface area contributed by atoms with Gasteiger partial charge in [-0.25, -0.2) is 13.5 Å². The zero-order chi connectivity index (χ0) is 16.7. The molecule has 122 valence electrons. The Morgan fingerprint density at radius 3 is 2.92 bits per heavy atom. The number of anilines is 1. The molecule has 0 radical (unpaired) electrons. The second-order valence-electron chi connectivity index (χ2n) is 5.63. The molecule has 0 spiro atoms. The Labute approximate surface area is 135 Å². The number of nitrogens with one attached hydrogen (secondary N) is 1. The van der Waals surface area contributed by atoms with Crippen molar-refractivity contribution >= 4 is 11.7 Å². The van der Waals surface area contributed by atoms with Crippen LogP contribution in [0.25, 0.3) is 0 Å². The highest BCUT2D eigenvalue weighted by Gasteiger charge is 2.32. The van der Waals surface area contributed by atoms with Gasteiger partial charge in [0.1, 0.15) is 18.1 Å². The molecule has 0 aliphatic carbocycles. The van der Waals surface area contributed by atoms with Gasteiger partial charge in [-0.3, -0.25) is 4.79 Å². The van der Waals surface area contributed by atoms with E-state index in [4.69, 9.17) is 4.42 Å². The Balaban J connectivity index is 1.77. The lowest BCUT2D eigenvalue weighted by Crippen LogP contribution is -2.25. The summed E-state index contributed by atoms with van der Waals surface area (Å²) >= 11 is 0. The largest absolute Gasteiger partial charge is 0.467 e. The SMILES string of the molecule is O=C1C[C@H](c2cccc(F)c2F)c2cnn(Cc3ccco3)c2N1. The van der Waals surface area contributed by atoms with Crippen LogP contribution in [-0.2, 0) is 11.3 Å². The summed E-state index contributed by atoms with van der Waals surface area (Å²) in [6.45, 7) is 0.334. The van der Waals surface area contributed by atoms with Gasteiger partial charge in [0.05, 0.1) is 12.5 Å². The Morgan fingerprint density at radius 2 is 2.12 bits per heavy atom. The van der Waals surface area contributed by atoms with Gasteiger partial charge >= 0.3 is 0 Å². The molecular formula is C17H13F2N3O2. The van der Waals surface area contributed by atoms with Gasteiger partial charge in [-0.1, -0.05) is 12.1 Å². The summed E-state index contributed by atoms with van der Waals surface area (Å²) < 4.78 is 34.6. The molecule has 0 bridgehead atoms. The first-order chi connectivity index (χ1) is 11.6. The molecule has 0 unspecified atom stereocenters. The van der Waals surface area contributed by atoms with Crippen LogP contribution in [0.3, 0.4) is 0 Å². The van der Waals surface area contributed by atoms with Crippen molar-refractivity contribution in [3.05, 3.63) is 71.3 Å². The van der Waals surface area contributed by atoms with Crippen molar-refractivity contribution in [2.24, 2.45) is 0 Å². The van der Waals surface area contributed by atoms with Crippen molar-refractivity contribution in [1.29, 1.82) is 0 Å². The van der Waals surface area contributed by atoms with Gasteiger partial charge < -0.3 is 9.73 Å². The average molecular weight is 329 g/mol. The predicted molar refractivity (Wildman–Crippen MR) is 81.5 cm³/mol. The molecule has 1 amide bonds. The van der Waals surface area contributed by atoms with Crippen molar-refractivity contribution in [2.75, 3.05) is 5.32 Å². The van der Waals surface area contributed by atoms with Gasteiger partial charge in [0, 0.05) is 17.9 Å². The van der Waals surface area contributed by atoms with E-state index in [0.29, 0.717) is 23.7 Å². The van der Waals surface area contributed by atoms with Crippen LogP contribution in [0.15, 0.2) is 47.2 Å². The van der Waals surface area contributed by atoms with Gasteiger partial charge in [-0.15, -0.1) is 0 Å². The minimum absolute atomic E-state index is 0.0415. The smallest absolute Gasteiger partial charge is 0.226 e. The number of aromatic nitrogens is 2. The molecule has 0 fully saturated rings. The summed E-state index contributed by atoms with van der Waals surface area (Å²) in [6.07, 6.45) is 3.17. The Hall–Kier alpha value is -2.96. The van der Waals surface area contributed by atoms with Crippen molar-refractivity contribution < 1.29 is 18.0 Å². The van der Waals surface area contributed by atoms with E-state index in [1.54, 1.807) is 29.3 Å². The number of halogens is 2. The molecule has 1 aliphatic rings. The van der Waals surface area contributed by atoms with Crippen LogP contribution >= 0.6 is 0 Å². The van der Waals surface area contributed by atoms with Crippen LogP contribution in [0, 0.1) is 11.6 Å². The fraction of sp³-hybridized carbons (Fsp3) is 0.176. The molecule has 2 aromatic heterocycles. The van der Waals surface area contributed by atoms with E-state index in [2.05, 4.69) is 10.4 Å². The monoisotopic (exact) mass is 329 g/mol. The first kappa shape index (κ1) is 14.6. The Morgan fingerprint density at radius 1 is 1.25 bits per heavy atom. The van der Waals surface area contributed by atoms with E-state index in [1.165, 1.54) is 12.1 Å². The Bertz CT molecular complexity index is 903. The minimum Gasteiger partial charge on any atom is -0.467 e. The number of amides is 1. The number of rotatable bonds is 3. The number of benzene rings is 1. The van der Waals surface area contributed by atoms with E-state index < -0.39 is 17.6 Å². The fourth-order valence-corrected chi connectivity index (χ4v) is 3.01. The van der Waals surface area contributed by atoms with Gasteiger partial charge in [-0.05, 0) is 23.8 Å². The van der Waals surface area contributed by atoms with Crippen LogP contribution in [0.4, 0.5) is 14.6 Å². The van der Waals surface area contributed by atoms with E-state index in [9.17, 15) is 13.6 Å². The molecule has 4 rings (SSSR count). The van der Waals surface area contributed by atoms with Crippen molar-refractivity contribution in [3.63, 3.8) is 0 Å². The summed E-state index contributed by atoms with van der Waals surface area (Å²) in [5.74, 6) is -1.54. The lowest BCUT2D eigenvalue weighted by Gasteiger charge is -2.24. The van der Waals surface area contributed by atoms with Crippen LogP contribution in [0.2, 0.25) is 0 Å². The van der Waals surface area contributed by atoms with Crippen molar-refractivity contribution in [3.8, 4) is 0 Å². The zero-order valence-corrected chi connectivity index (χ0v) is 12.5. The van der Waals surface area contributed by atoms with E-state index in [1.807, 2.05) is 0 Å². The van der Waals surface area contributed by atoms with E-state index in [-0.39, 0.29) is 17.9 Å². The van der Waals surface area contributed by atoms with E-state index in [0.717, 1.165) is 6.07 Å². The molecule has 1 aromatic carbocycles. The molecule has 24 heavy (non-hydrogen) atoms. The number of fused-ring (bicyclic) bond motifs is 1. The zero-order valence-electron chi connectivity index (χ0n) is 12.5. The van der Waals surface area contributed by atoms with Crippen LogP contribution in [0.1, 0.15) is 29.2 Å². The number of carbonyl (C=O) groups is 1. The van der Waals surface area contributed by atoms with Gasteiger partial charge in [0.15, 0.2) is 11.6 Å². The maximum absolute atomic E-state index is 14.2. The molecule has 1 aliphatic heterocycles. The minimum atomic E-state index is -0.929. The third-order valence-corrected chi connectivity index (χ3v) is 4.13. The first-order valence-corrected chi connectivity index (χ1v) is 7.45. The number of hydrogen-bond donors (Lipinski definition) is 1. The molecule has 1 N–H and O–H groups in total. The number of nitrogens with zero attached hydrogens (tertiary/aromatic N) is 2. The Kier molecular flexibility index (Phi) is 3.41. The summed E-state index contributed by atoms with van der Waals surface area (Å²) in [6, 6.07) is 7.54. The molecule has 3 aromatic rings. The molecule has 3 heterocycles. The second-order valence-corrected chi connectivity index (χ2v) is 5.63. The standard InChI is InChI=1S/C17H13F2N3O2/c18-14-5-1-4-11(16(14)19)12-7-15(23)21-17-13(12)8-20-22(17)9-10-3-2-6-24-10/h1-6,8,12H,7,9H2,(H,21,23)/t12-/m1/s1. The maximum Gasteiger partial charge on any atom is 0.226 e. The summed E-state index contributed by atoms with van der Waals surface area (Å²) in [5, 5.41) is 7.02. The lowest BCUT2D eigenvalue weighted by atomic mass is 9.87. The fourth-order valence-electron chi connectivity index (χ4n) is 3.01. The second kappa shape index (κ2) is 5.59. The van der Waals surface area contributed by atoms with Crippen LogP contribution < -0.4 is 5.32 Å². The molecule has 0 saturated heterocycles. The molecule has 5 nitrogen and oxygen atoms in total. The average Bonchev–Trinajstić information content (AvgIpc) is 3.20. The molecular weight excluding hydrogens is 316 g/mol. The van der Waals surface area contributed by atoms with Crippen molar-refractivity contribution in [1.82, 2.24) is 9.78 Å². The van der Waals surface area contributed by atoms with Crippen molar-refractivity contribution in [2.45, 2.75) is 18.9 Å². The van der Waals surface area contributed by atoms with Gasteiger partial charge in [0.2, 0.25) is 5.91 Å². The highest BCUT2D eigenvalue weighted by atomic mass is 19.2. The lowest BCUT2D eigenvalue weighted by molar-refractivity contribution is -0.116. The third-order valence-electron chi connectivity index (χ3n) is 4.13.